The first-order valence-corrected chi connectivity index (χ1v) is 12.8. The number of benzene rings is 2. The summed E-state index contributed by atoms with van der Waals surface area (Å²) in [6, 6.07) is 11.0. The van der Waals surface area contributed by atoms with Crippen LogP contribution < -0.4 is 16.0 Å². The summed E-state index contributed by atoms with van der Waals surface area (Å²) in [7, 11) is 1.72. The first-order valence-electron chi connectivity index (χ1n) is 12.0. The van der Waals surface area contributed by atoms with Gasteiger partial charge in [0.2, 0.25) is 5.78 Å². The number of ether oxygens (including phenoxy) is 1. The van der Waals surface area contributed by atoms with Crippen molar-refractivity contribution < 1.29 is 18.3 Å². The molecule has 7 nitrogen and oxygen atoms in total. The SMILES string of the molecule is CCC.COCCN1CCN(c2ccc(Nc3nc(N)c(C(=O)c4ccc(F)c(F)c4)s3)cc2)CC1. The van der Waals surface area contributed by atoms with Gasteiger partial charge >= 0.3 is 0 Å². The zero-order valence-electron chi connectivity index (χ0n) is 20.9. The van der Waals surface area contributed by atoms with Gasteiger partial charge in [0, 0.05) is 56.8 Å². The molecule has 1 fully saturated rings. The lowest BCUT2D eigenvalue weighted by Crippen LogP contribution is -2.47. The molecule has 194 valence electrons. The van der Waals surface area contributed by atoms with Crippen LogP contribution in [0.5, 0.6) is 0 Å². The molecule has 0 amide bonds. The topological polar surface area (TPSA) is 83.7 Å². The van der Waals surface area contributed by atoms with Gasteiger partial charge in [-0.25, -0.2) is 13.8 Å². The summed E-state index contributed by atoms with van der Waals surface area (Å²) >= 11 is 1.07. The number of hydrogen-bond donors (Lipinski definition) is 2. The lowest BCUT2D eigenvalue weighted by Gasteiger charge is -2.36. The minimum Gasteiger partial charge on any atom is -0.383 e. The Morgan fingerprint density at radius 2 is 1.75 bits per heavy atom. The number of ketones is 1. The number of rotatable bonds is 8. The second-order valence-corrected chi connectivity index (χ2v) is 9.39. The van der Waals surface area contributed by atoms with E-state index in [1.54, 1.807) is 7.11 Å². The Kier molecular flexibility index (Phi) is 10.2. The monoisotopic (exact) mass is 517 g/mol. The molecule has 0 aliphatic carbocycles. The van der Waals surface area contributed by atoms with Crippen molar-refractivity contribution >= 4 is 39.4 Å². The van der Waals surface area contributed by atoms with E-state index >= 15 is 0 Å². The minimum atomic E-state index is -1.08. The molecule has 1 aliphatic heterocycles. The molecule has 1 saturated heterocycles. The number of nitrogens with zero attached hydrogens (tertiary/aromatic N) is 3. The third kappa shape index (κ3) is 7.22. The van der Waals surface area contributed by atoms with Crippen molar-refractivity contribution in [2.24, 2.45) is 0 Å². The summed E-state index contributed by atoms with van der Waals surface area (Å²) in [6.07, 6.45) is 1.25. The molecular formula is C26H33F2N5O2S. The lowest BCUT2D eigenvalue weighted by atomic mass is 10.1. The third-order valence-corrected chi connectivity index (χ3v) is 6.49. The molecule has 0 atom stereocenters. The van der Waals surface area contributed by atoms with Crippen molar-refractivity contribution in [2.75, 3.05) is 62.4 Å². The minimum absolute atomic E-state index is 0.0162. The van der Waals surface area contributed by atoms with E-state index in [9.17, 15) is 13.6 Å². The van der Waals surface area contributed by atoms with Crippen LogP contribution in [0, 0.1) is 11.6 Å². The smallest absolute Gasteiger partial charge is 0.206 e. The quantitative estimate of drug-likeness (QED) is 0.399. The highest BCUT2D eigenvalue weighted by Crippen LogP contribution is 2.30. The first-order chi connectivity index (χ1) is 17.4. The van der Waals surface area contributed by atoms with E-state index in [1.165, 1.54) is 12.5 Å². The van der Waals surface area contributed by atoms with E-state index in [1.807, 2.05) is 24.3 Å². The van der Waals surface area contributed by atoms with Gasteiger partial charge in [-0.1, -0.05) is 31.6 Å². The van der Waals surface area contributed by atoms with Gasteiger partial charge in [0.1, 0.15) is 10.7 Å². The predicted octanol–water partition coefficient (Wildman–Crippen LogP) is 5.16. The number of aromatic nitrogens is 1. The molecule has 36 heavy (non-hydrogen) atoms. The Bertz CT molecular complexity index is 1130. The van der Waals surface area contributed by atoms with Crippen LogP contribution in [0.3, 0.4) is 0 Å². The number of methoxy groups -OCH3 is 1. The van der Waals surface area contributed by atoms with E-state index in [4.69, 9.17) is 10.5 Å². The highest BCUT2D eigenvalue weighted by molar-refractivity contribution is 7.18. The Hall–Kier alpha value is -3.08. The van der Waals surface area contributed by atoms with Crippen molar-refractivity contribution in [3.8, 4) is 0 Å². The number of carbonyl (C=O) groups is 1. The Balaban J connectivity index is 0.00000115. The highest BCUT2D eigenvalue weighted by Gasteiger charge is 2.20. The number of hydrogen-bond acceptors (Lipinski definition) is 8. The van der Waals surface area contributed by atoms with Crippen LogP contribution in [-0.4, -0.2) is 62.1 Å². The van der Waals surface area contributed by atoms with Crippen LogP contribution in [0.25, 0.3) is 0 Å². The van der Waals surface area contributed by atoms with Gasteiger partial charge in [0.25, 0.3) is 0 Å². The van der Waals surface area contributed by atoms with Gasteiger partial charge < -0.3 is 20.7 Å². The maximum Gasteiger partial charge on any atom is 0.206 e. The molecule has 2 heterocycles. The zero-order valence-corrected chi connectivity index (χ0v) is 21.7. The third-order valence-electron chi connectivity index (χ3n) is 5.51. The van der Waals surface area contributed by atoms with Crippen molar-refractivity contribution in [1.29, 1.82) is 0 Å². The molecular weight excluding hydrogens is 484 g/mol. The van der Waals surface area contributed by atoms with Crippen molar-refractivity contribution in [1.82, 2.24) is 9.88 Å². The predicted molar refractivity (Wildman–Crippen MR) is 143 cm³/mol. The van der Waals surface area contributed by atoms with E-state index in [-0.39, 0.29) is 16.3 Å². The fraction of sp³-hybridized carbons (Fsp3) is 0.385. The number of anilines is 4. The van der Waals surface area contributed by atoms with Crippen LogP contribution in [0.15, 0.2) is 42.5 Å². The van der Waals surface area contributed by atoms with Gasteiger partial charge in [-0.3, -0.25) is 9.69 Å². The van der Waals surface area contributed by atoms with Gasteiger partial charge in [-0.2, -0.15) is 0 Å². The molecule has 0 unspecified atom stereocenters. The molecule has 1 aliphatic rings. The Morgan fingerprint density at radius 1 is 1.08 bits per heavy atom. The van der Waals surface area contributed by atoms with Crippen molar-refractivity contribution in [3.05, 3.63) is 64.5 Å². The molecule has 0 spiro atoms. The Morgan fingerprint density at radius 3 is 2.36 bits per heavy atom. The summed E-state index contributed by atoms with van der Waals surface area (Å²) in [5, 5.41) is 3.60. The molecule has 3 aromatic rings. The normalized spacial score (nSPS) is 13.8. The molecule has 0 saturated carbocycles. The maximum absolute atomic E-state index is 13.5. The van der Waals surface area contributed by atoms with Crippen LogP contribution in [0.4, 0.5) is 31.1 Å². The van der Waals surface area contributed by atoms with E-state index in [2.05, 4.69) is 33.9 Å². The molecule has 1 aromatic heterocycles. The Labute approximate surface area is 214 Å². The fourth-order valence-corrected chi connectivity index (χ4v) is 4.51. The zero-order chi connectivity index (χ0) is 26.1. The molecule has 3 N–H and O–H groups in total. The number of piperazine rings is 1. The van der Waals surface area contributed by atoms with Gasteiger partial charge in [-0.15, -0.1) is 0 Å². The molecule has 0 bridgehead atoms. The standard InChI is InChI=1S/C23H25F2N5O2S.C3H8/c1-32-13-12-29-8-10-30(11-9-29)17-5-3-16(4-6-17)27-23-28-22(26)21(33-23)20(31)15-2-7-18(24)19(25)14-15;1-3-2/h2-7,14H,8-13,26H2,1H3,(H,27,28);3H2,1-2H3. The van der Waals surface area contributed by atoms with Gasteiger partial charge in [0.05, 0.1) is 6.61 Å². The lowest BCUT2D eigenvalue weighted by molar-refractivity contribution is 0.104. The number of halogens is 2. The highest BCUT2D eigenvalue weighted by atomic mass is 32.1. The fourth-order valence-electron chi connectivity index (χ4n) is 3.65. The van der Waals surface area contributed by atoms with Crippen LogP contribution in [0.1, 0.15) is 35.5 Å². The van der Waals surface area contributed by atoms with E-state index in [0.29, 0.717) is 5.13 Å². The second kappa shape index (κ2) is 13.3. The van der Waals surface area contributed by atoms with E-state index in [0.717, 1.165) is 74.2 Å². The number of nitrogens with one attached hydrogen (secondary N) is 1. The molecule has 10 heteroatoms. The van der Waals surface area contributed by atoms with Crippen molar-refractivity contribution in [2.45, 2.75) is 20.3 Å². The number of nitrogens with two attached hydrogens (primary N) is 1. The summed E-state index contributed by atoms with van der Waals surface area (Å²) in [4.78, 5) is 21.8. The summed E-state index contributed by atoms with van der Waals surface area (Å²) in [6.45, 7) is 9.84. The number of carbonyl (C=O) groups excluding carboxylic acids is 1. The summed E-state index contributed by atoms with van der Waals surface area (Å²) in [5.41, 5.74) is 7.88. The van der Waals surface area contributed by atoms with Crippen LogP contribution in [-0.2, 0) is 4.74 Å². The molecule has 2 aromatic carbocycles. The summed E-state index contributed by atoms with van der Waals surface area (Å²) < 4.78 is 31.8. The number of thiazole rings is 1. The summed E-state index contributed by atoms with van der Waals surface area (Å²) in [5.74, 6) is -2.56. The van der Waals surface area contributed by atoms with Crippen molar-refractivity contribution in [3.63, 3.8) is 0 Å². The first kappa shape index (κ1) is 27.5. The maximum atomic E-state index is 13.5. The van der Waals surface area contributed by atoms with Gasteiger partial charge in [0.15, 0.2) is 16.8 Å². The van der Waals surface area contributed by atoms with Crippen LogP contribution >= 0.6 is 11.3 Å². The second-order valence-electron chi connectivity index (χ2n) is 8.39. The van der Waals surface area contributed by atoms with Gasteiger partial charge in [-0.05, 0) is 42.5 Å². The number of nitrogen functional groups attached to an aromatic ring is 1. The molecule has 0 radical (unpaired) electrons. The molecule has 4 rings (SSSR count). The average molecular weight is 518 g/mol. The average Bonchev–Trinajstić information content (AvgIpc) is 3.25. The largest absolute Gasteiger partial charge is 0.383 e. The van der Waals surface area contributed by atoms with Crippen LogP contribution in [0.2, 0.25) is 0 Å². The van der Waals surface area contributed by atoms with E-state index < -0.39 is 17.4 Å².